The minimum Gasteiger partial charge on any atom is -0.492 e. The van der Waals surface area contributed by atoms with Gasteiger partial charge < -0.3 is 10.1 Å². The van der Waals surface area contributed by atoms with Crippen LogP contribution in [0.5, 0.6) is 5.75 Å². The van der Waals surface area contributed by atoms with E-state index in [4.69, 9.17) is 4.74 Å². The van der Waals surface area contributed by atoms with Gasteiger partial charge in [0, 0.05) is 38.0 Å². The number of sulfonamides is 1. The molecule has 0 aliphatic carbocycles. The minimum absolute atomic E-state index is 0.0650. The lowest BCUT2D eigenvalue weighted by Gasteiger charge is -2.16. The van der Waals surface area contributed by atoms with E-state index in [1.165, 1.54) is 62.6 Å². The Hall–Kier alpha value is -3.24. The van der Waals surface area contributed by atoms with E-state index in [9.17, 15) is 23.3 Å². The second-order valence-electron chi connectivity index (χ2n) is 6.06. The van der Waals surface area contributed by atoms with Crippen molar-refractivity contribution in [2.45, 2.75) is 11.8 Å². The van der Waals surface area contributed by atoms with Gasteiger partial charge in [0.2, 0.25) is 15.9 Å². The number of ether oxygens (including phenoxy) is 1. The van der Waals surface area contributed by atoms with Crippen LogP contribution in [0.25, 0.3) is 6.08 Å². The molecule has 9 nitrogen and oxygen atoms in total. The van der Waals surface area contributed by atoms with Gasteiger partial charge >= 0.3 is 0 Å². The van der Waals surface area contributed by atoms with E-state index in [1.54, 1.807) is 13.0 Å². The molecule has 10 heteroatoms. The quantitative estimate of drug-likeness (QED) is 0.399. The van der Waals surface area contributed by atoms with Gasteiger partial charge in [-0.05, 0) is 36.8 Å². The van der Waals surface area contributed by atoms with E-state index in [0.29, 0.717) is 5.56 Å². The molecule has 1 amide bonds. The van der Waals surface area contributed by atoms with E-state index in [2.05, 4.69) is 5.32 Å². The molecule has 0 radical (unpaired) electrons. The molecule has 2 aromatic rings. The summed E-state index contributed by atoms with van der Waals surface area (Å²) in [5, 5.41) is 13.4. The maximum Gasteiger partial charge on any atom is 0.270 e. The molecule has 0 atom stereocenters. The molecule has 0 aliphatic heterocycles. The van der Waals surface area contributed by atoms with E-state index in [0.717, 1.165) is 4.31 Å². The van der Waals surface area contributed by atoms with Crippen LogP contribution in [0.2, 0.25) is 0 Å². The largest absolute Gasteiger partial charge is 0.492 e. The van der Waals surface area contributed by atoms with E-state index in [-0.39, 0.29) is 28.6 Å². The molecule has 2 aromatic carbocycles. The first-order valence-electron chi connectivity index (χ1n) is 8.58. The fourth-order valence-electron chi connectivity index (χ4n) is 2.36. The Morgan fingerprint density at radius 2 is 1.97 bits per heavy atom. The Labute approximate surface area is 168 Å². The third kappa shape index (κ3) is 5.62. The van der Waals surface area contributed by atoms with Crippen molar-refractivity contribution in [3.05, 3.63) is 64.2 Å². The lowest BCUT2D eigenvalue weighted by atomic mass is 10.2. The Morgan fingerprint density at radius 1 is 1.24 bits per heavy atom. The number of nitrogens with zero attached hydrogens (tertiary/aromatic N) is 2. The standard InChI is InChI=1S/C19H21N3O6S/c1-4-28-17-10-9-15(13-18(17)29(26,27)21(2)3)20-19(23)11-8-14-6-5-7-16(12-14)22(24)25/h5-13H,4H2,1-3H3,(H,20,23)/b11-8+. The van der Waals surface area contributed by atoms with Gasteiger partial charge in [0.15, 0.2) is 0 Å². The third-order valence-electron chi connectivity index (χ3n) is 3.78. The van der Waals surface area contributed by atoms with Crippen molar-refractivity contribution < 1.29 is 22.9 Å². The first-order chi connectivity index (χ1) is 13.6. The van der Waals surface area contributed by atoms with Gasteiger partial charge in [-0.25, -0.2) is 12.7 Å². The van der Waals surface area contributed by atoms with E-state index >= 15 is 0 Å². The molecule has 0 unspecified atom stereocenters. The number of hydrogen-bond acceptors (Lipinski definition) is 6. The molecule has 1 N–H and O–H groups in total. The molecule has 0 saturated carbocycles. The highest BCUT2D eigenvalue weighted by Gasteiger charge is 2.23. The Balaban J connectivity index is 2.24. The summed E-state index contributed by atoms with van der Waals surface area (Å²) in [6, 6.07) is 10.1. The molecular weight excluding hydrogens is 398 g/mol. The number of amides is 1. The lowest BCUT2D eigenvalue weighted by Crippen LogP contribution is -2.23. The highest BCUT2D eigenvalue weighted by atomic mass is 32.2. The van der Waals surface area contributed by atoms with Crippen molar-refractivity contribution in [3.63, 3.8) is 0 Å². The molecule has 2 rings (SSSR count). The van der Waals surface area contributed by atoms with Gasteiger partial charge in [0.1, 0.15) is 10.6 Å². The molecule has 0 fully saturated rings. The number of anilines is 1. The number of carbonyl (C=O) groups excluding carboxylic acids is 1. The van der Waals surface area contributed by atoms with Crippen LogP contribution in [0, 0.1) is 10.1 Å². The average molecular weight is 419 g/mol. The summed E-state index contributed by atoms with van der Waals surface area (Å²) in [5.41, 5.74) is 0.664. The molecule has 0 aliphatic rings. The minimum atomic E-state index is -3.78. The second-order valence-corrected chi connectivity index (χ2v) is 8.18. The monoisotopic (exact) mass is 419 g/mol. The summed E-state index contributed by atoms with van der Waals surface area (Å²) in [6.07, 6.45) is 2.63. The molecule has 0 spiro atoms. The van der Waals surface area contributed by atoms with E-state index < -0.39 is 20.9 Å². The average Bonchev–Trinajstić information content (AvgIpc) is 2.67. The molecule has 154 valence electrons. The summed E-state index contributed by atoms with van der Waals surface area (Å²) in [7, 11) is -0.979. The van der Waals surface area contributed by atoms with Gasteiger partial charge in [-0.2, -0.15) is 0 Å². The van der Waals surface area contributed by atoms with Crippen molar-refractivity contribution in [3.8, 4) is 5.75 Å². The first-order valence-corrected chi connectivity index (χ1v) is 10.0. The number of nitrogens with one attached hydrogen (secondary N) is 1. The SMILES string of the molecule is CCOc1ccc(NC(=O)/C=C/c2cccc([N+](=O)[O-])c2)cc1S(=O)(=O)N(C)C. The Morgan fingerprint density at radius 3 is 2.59 bits per heavy atom. The number of carbonyl (C=O) groups is 1. The number of rotatable bonds is 8. The molecule has 0 bridgehead atoms. The zero-order chi connectivity index (χ0) is 21.6. The topological polar surface area (TPSA) is 119 Å². The first kappa shape index (κ1) is 22.1. The van der Waals surface area contributed by atoms with Crippen molar-refractivity contribution in [1.82, 2.24) is 4.31 Å². The summed E-state index contributed by atoms with van der Waals surface area (Å²) < 4.78 is 31.5. The van der Waals surface area contributed by atoms with Crippen LogP contribution >= 0.6 is 0 Å². The maximum atomic E-state index is 12.5. The number of non-ortho nitro benzene ring substituents is 1. The zero-order valence-electron chi connectivity index (χ0n) is 16.2. The fourth-order valence-corrected chi connectivity index (χ4v) is 3.41. The summed E-state index contributed by atoms with van der Waals surface area (Å²) >= 11 is 0. The summed E-state index contributed by atoms with van der Waals surface area (Å²) in [6.45, 7) is 2.02. The van der Waals surface area contributed by atoms with Crippen LogP contribution in [-0.2, 0) is 14.8 Å². The van der Waals surface area contributed by atoms with Crippen molar-refractivity contribution >= 4 is 33.4 Å². The number of hydrogen-bond donors (Lipinski definition) is 1. The van der Waals surface area contributed by atoms with Crippen LogP contribution in [0.4, 0.5) is 11.4 Å². The highest BCUT2D eigenvalue weighted by molar-refractivity contribution is 7.89. The van der Waals surface area contributed by atoms with Crippen LogP contribution in [0.15, 0.2) is 53.4 Å². The highest BCUT2D eigenvalue weighted by Crippen LogP contribution is 2.29. The van der Waals surface area contributed by atoms with Gasteiger partial charge in [0.05, 0.1) is 11.5 Å². The summed E-state index contributed by atoms with van der Waals surface area (Å²) in [5.74, 6) is -0.333. The Kier molecular flexibility index (Phi) is 7.08. The maximum absolute atomic E-state index is 12.5. The lowest BCUT2D eigenvalue weighted by molar-refractivity contribution is -0.384. The normalized spacial score (nSPS) is 11.6. The third-order valence-corrected chi connectivity index (χ3v) is 5.61. The van der Waals surface area contributed by atoms with Crippen LogP contribution in [0.1, 0.15) is 12.5 Å². The van der Waals surface area contributed by atoms with Crippen LogP contribution < -0.4 is 10.1 Å². The smallest absolute Gasteiger partial charge is 0.270 e. The van der Waals surface area contributed by atoms with Crippen LogP contribution in [0.3, 0.4) is 0 Å². The summed E-state index contributed by atoms with van der Waals surface area (Å²) in [4.78, 5) is 22.4. The molecule has 0 saturated heterocycles. The molecular formula is C19H21N3O6S. The van der Waals surface area contributed by atoms with Gasteiger partial charge in [-0.3, -0.25) is 14.9 Å². The molecule has 0 heterocycles. The zero-order valence-corrected chi connectivity index (χ0v) is 17.0. The van der Waals surface area contributed by atoms with Crippen molar-refractivity contribution in [2.24, 2.45) is 0 Å². The molecule has 0 aromatic heterocycles. The van der Waals surface area contributed by atoms with Crippen molar-refractivity contribution in [1.29, 1.82) is 0 Å². The fraction of sp³-hybridized carbons (Fsp3) is 0.211. The van der Waals surface area contributed by atoms with Crippen LogP contribution in [-0.4, -0.2) is 44.3 Å². The van der Waals surface area contributed by atoms with Gasteiger partial charge in [0.25, 0.3) is 5.69 Å². The predicted octanol–water partition coefficient (Wildman–Crippen LogP) is 2.90. The second kappa shape index (κ2) is 9.30. The number of nitro benzene ring substituents is 1. The van der Waals surface area contributed by atoms with Crippen molar-refractivity contribution in [2.75, 3.05) is 26.0 Å². The predicted molar refractivity (Wildman–Crippen MR) is 109 cm³/mol. The number of benzene rings is 2. The van der Waals surface area contributed by atoms with Gasteiger partial charge in [-0.15, -0.1) is 0 Å². The van der Waals surface area contributed by atoms with Gasteiger partial charge in [-0.1, -0.05) is 12.1 Å². The Bertz CT molecular complexity index is 1050. The number of nitro groups is 1. The molecule has 29 heavy (non-hydrogen) atoms. The van der Waals surface area contributed by atoms with E-state index in [1.807, 2.05) is 0 Å².